The number of ether oxygens (including phenoxy) is 3. The minimum absolute atomic E-state index is 0.288. The predicted octanol–water partition coefficient (Wildman–Crippen LogP) is 4.58. The number of fused-ring (bicyclic) bond motifs is 2. The molecule has 0 aromatic heterocycles. The van der Waals surface area contributed by atoms with Crippen LogP contribution in [0.25, 0.3) is 10.8 Å². The monoisotopic (exact) mass is 321 g/mol. The van der Waals surface area contributed by atoms with E-state index in [1.54, 1.807) is 0 Å². The maximum atomic E-state index is 5.82. The molecule has 0 aliphatic carbocycles. The van der Waals surface area contributed by atoms with Crippen LogP contribution in [0.2, 0.25) is 0 Å². The first-order valence-electron chi connectivity index (χ1n) is 8.12. The van der Waals surface area contributed by atoms with Crippen LogP contribution in [0.3, 0.4) is 0 Å². The minimum Gasteiger partial charge on any atom is -0.494 e. The van der Waals surface area contributed by atoms with Crippen molar-refractivity contribution in [2.45, 2.75) is 13.5 Å². The maximum Gasteiger partial charge on any atom is 0.231 e. The van der Waals surface area contributed by atoms with Crippen molar-refractivity contribution < 1.29 is 14.2 Å². The fraction of sp³-hybridized carbons (Fsp3) is 0.200. The second-order valence-corrected chi connectivity index (χ2v) is 5.62. The van der Waals surface area contributed by atoms with Gasteiger partial charge in [0.1, 0.15) is 5.75 Å². The smallest absolute Gasteiger partial charge is 0.231 e. The molecule has 0 saturated carbocycles. The summed E-state index contributed by atoms with van der Waals surface area (Å²) in [4.78, 5) is 0. The van der Waals surface area contributed by atoms with Crippen molar-refractivity contribution in [2.24, 2.45) is 0 Å². The Labute approximate surface area is 141 Å². The number of nitrogens with one attached hydrogen (secondary N) is 1. The second kappa shape index (κ2) is 6.32. The number of anilines is 1. The lowest BCUT2D eigenvalue weighted by Crippen LogP contribution is -2.04. The van der Waals surface area contributed by atoms with Gasteiger partial charge in [0.2, 0.25) is 6.79 Å². The summed E-state index contributed by atoms with van der Waals surface area (Å²) in [7, 11) is 0. The Morgan fingerprint density at radius 3 is 2.79 bits per heavy atom. The van der Waals surface area contributed by atoms with Crippen LogP contribution < -0.4 is 19.5 Å². The first kappa shape index (κ1) is 14.7. The van der Waals surface area contributed by atoms with Gasteiger partial charge in [0, 0.05) is 23.9 Å². The van der Waals surface area contributed by atoms with E-state index in [0.717, 1.165) is 28.5 Å². The number of benzene rings is 3. The number of hydrogen-bond donors (Lipinski definition) is 1. The average Bonchev–Trinajstić information content (AvgIpc) is 3.08. The Bertz CT molecular complexity index is 876. The maximum absolute atomic E-state index is 5.82. The Hall–Kier alpha value is -2.88. The highest BCUT2D eigenvalue weighted by molar-refractivity contribution is 5.88. The summed E-state index contributed by atoms with van der Waals surface area (Å²) >= 11 is 0. The van der Waals surface area contributed by atoms with Gasteiger partial charge < -0.3 is 19.5 Å². The standard InChI is InChI=1S/C20H19NO3/c1-2-22-18-9-7-14-5-3-4-6-16(14)17(18)12-21-15-8-10-19-20(11-15)24-13-23-19/h3-11,21H,2,12-13H2,1H3. The summed E-state index contributed by atoms with van der Waals surface area (Å²) in [6, 6.07) is 18.4. The molecule has 3 aromatic carbocycles. The molecule has 4 heteroatoms. The number of hydrogen-bond acceptors (Lipinski definition) is 4. The molecule has 122 valence electrons. The summed E-state index contributed by atoms with van der Waals surface area (Å²) in [5, 5.41) is 5.88. The molecule has 0 spiro atoms. The molecule has 24 heavy (non-hydrogen) atoms. The molecule has 1 N–H and O–H groups in total. The van der Waals surface area contributed by atoms with Crippen molar-refractivity contribution in [1.82, 2.24) is 0 Å². The Morgan fingerprint density at radius 1 is 1.00 bits per heavy atom. The van der Waals surface area contributed by atoms with E-state index in [0.29, 0.717) is 13.2 Å². The van der Waals surface area contributed by atoms with Crippen molar-refractivity contribution in [2.75, 3.05) is 18.7 Å². The first-order chi connectivity index (χ1) is 11.8. The van der Waals surface area contributed by atoms with Crippen molar-refractivity contribution >= 4 is 16.5 Å². The van der Waals surface area contributed by atoms with E-state index in [1.807, 2.05) is 31.2 Å². The van der Waals surface area contributed by atoms with Crippen LogP contribution in [0.15, 0.2) is 54.6 Å². The van der Waals surface area contributed by atoms with Crippen molar-refractivity contribution in [3.63, 3.8) is 0 Å². The van der Waals surface area contributed by atoms with Gasteiger partial charge in [-0.3, -0.25) is 0 Å². The van der Waals surface area contributed by atoms with Crippen molar-refractivity contribution in [1.29, 1.82) is 0 Å². The summed E-state index contributed by atoms with van der Waals surface area (Å²) in [6.07, 6.45) is 0. The van der Waals surface area contributed by atoms with Crippen LogP contribution in [-0.2, 0) is 6.54 Å². The molecular weight excluding hydrogens is 302 g/mol. The largest absolute Gasteiger partial charge is 0.494 e. The third kappa shape index (κ3) is 2.71. The molecule has 0 bridgehead atoms. The normalized spacial score (nSPS) is 12.4. The summed E-state index contributed by atoms with van der Waals surface area (Å²) in [5.74, 6) is 2.49. The first-order valence-corrected chi connectivity index (χ1v) is 8.12. The lowest BCUT2D eigenvalue weighted by Gasteiger charge is -2.15. The van der Waals surface area contributed by atoms with E-state index in [2.05, 4.69) is 35.6 Å². The zero-order chi connectivity index (χ0) is 16.4. The van der Waals surface area contributed by atoms with Crippen LogP contribution in [0.4, 0.5) is 5.69 Å². The molecule has 0 unspecified atom stereocenters. The molecule has 0 radical (unpaired) electrons. The van der Waals surface area contributed by atoms with Crippen molar-refractivity contribution in [3.05, 3.63) is 60.2 Å². The Balaban J connectivity index is 1.64. The molecule has 0 amide bonds. The summed E-state index contributed by atoms with van der Waals surface area (Å²) < 4.78 is 16.6. The topological polar surface area (TPSA) is 39.7 Å². The van der Waals surface area contributed by atoms with Gasteiger partial charge in [0.05, 0.1) is 6.61 Å². The van der Waals surface area contributed by atoms with Gasteiger partial charge in [0.25, 0.3) is 0 Å². The Morgan fingerprint density at radius 2 is 1.88 bits per heavy atom. The Kier molecular flexibility index (Phi) is 3.87. The van der Waals surface area contributed by atoms with Gasteiger partial charge in [-0.15, -0.1) is 0 Å². The van der Waals surface area contributed by atoms with Gasteiger partial charge in [0.15, 0.2) is 11.5 Å². The molecule has 3 aromatic rings. The van der Waals surface area contributed by atoms with Gasteiger partial charge in [-0.2, -0.15) is 0 Å². The molecule has 1 aliphatic rings. The molecular formula is C20H19NO3. The van der Waals surface area contributed by atoms with Crippen LogP contribution in [-0.4, -0.2) is 13.4 Å². The highest BCUT2D eigenvalue weighted by Crippen LogP contribution is 2.35. The number of rotatable bonds is 5. The van der Waals surface area contributed by atoms with Crippen LogP contribution in [0.5, 0.6) is 17.2 Å². The molecule has 0 saturated heterocycles. The van der Waals surface area contributed by atoms with Gasteiger partial charge in [-0.1, -0.05) is 30.3 Å². The third-order valence-electron chi connectivity index (χ3n) is 4.14. The molecule has 1 aliphatic heterocycles. The predicted molar refractivity (Wildman–Crippen MR) is 95.0 cm³/mol. The van der Waals surface area contributed by atoms with Gasteiger partial charge in [-0.05, 0) is 35.9 Å². The molecule has 0 atom stereocenters. The van der Waals surface area contributed by atoms with E-state index in [-0.39, 0.29) is 6.79 Å². The van der Waals surface area contributed by atoms with Gasteiger partial charge >= 0.3 is 0 Å². The van der Waals surface area contributed by atoms with Crippen LogP contribution in [0, 0.1) is 0 Å². The summed E-state index contributed by atoms with van der Waals surface area (Å²) in [6.45, 7) is 3.62. The fourth-order valence-corrected chi connectivity index (χ4v) is 2.99. The average molecular weight is 321 g/mol. The van der Waals surface area contributed by atoms with Gasteiger partial charge in [-0.25, -0.2) is 0 Å². The fourth-order valence-electron chi connectivity index (χ4n) is 2.99. The molecule has 4 rings (SSSR count). The zero-order valence-electron chi connectivity index (χ0n) is 13.5. The molecule has 0 fully saturated rings. The van der Waals surface area contributed by atoms with E-state index < -0.39 is 0 Å². The molecule has 4 nitrogen and oxygen atoms in total. The quantitative estimate of drug-likeness (QED) is 0.747. The van der Waals surface area contributed by atoms with E-state index in [1.165, 1.54) is 10.8 Å². The van der Waals surface area contributed by atoms with Crippen molar-refractivity contribution in [3.8, 4) is 17.2 Å². The zero-order valence-corrected chi connectivity index (χ0v) is 13.5. The minimum atomic E-state index is 0.288. The highest BCUT2D eigenvalue weighted by atomic mass is 16.7. The summed E-state index contributed by atoms with van der Waals surface area (Å²) in [5.41, 5.74) is 2.15. The van der Waals surface area contributed by atoms with Crippen LogP contribution in [0.1, 0.15) is 12.5 Å². The highest BCUT2D eigenvalue weighted by Gasteiger charge is 2.14. The van der Waals surface area contributed by atoms with E-state index in [9.17, 15) is 0 Å². The lowest BCUT2D eigenvalue weighted by molar-refractivity contribution is 0.174. The SMILES string of the molecule is CCOc1ccc2ccccc2c1CNc1ccc2c(c1)OCO2. The van der Waals surface area contributed by atoms with E-state index in [4.69, 9.17) is 14.2 Å². The second-order valence-electron chi connectivity index (χ2n) is 5.62. The van der Waals surface area contributed by atoms with E-state index >= 15 is 0 Å². The van der Waals surface area contributed by atoms with Crippen LogP contribution >= 0.6 is 0 Å². The molecule has 1 heterocycles. The lowest BCUT2D eigenvalue weighted by atomic mass is 10.0. The third-order valence-corrected chi connectivity index (χ3v) is 4.14.